The highest BCUT2D eigenvalue weighted by Gasteiger charge is 2.17. The molecule has 0 aliphatic rings. The first kappa shape index (κ1) is 21.0. The number of halogens is 2. The Labute approximate surface area is 184 Å². The third-order valence-corrected chi connectivity index (χ3v) is 7.04. The van der Waals surface area contributed by atoms with E-state index in [0.717, 1.165) is 8.58 Å². The first-order chi connectivity index (χ1) is 13.3. The second-order valence-electron chi connectivity index (χ2n) is 5.56. The molecule has 0 saturated heterocycles. The van der Waals surface area contributed by atoms with Crippen LogP contribution in [-0.4, -0.2) is 24.5 Å². The van der Waals surface area contributed by atoms with Crippen LogP contribution in [0.2, 0.25) is 5.02 Å². The van der Waals surface area contributed by atoms with Gasteiger partial charge in [-0.25, -0.2) is 8.42 Å². The van der Waals surface area contributed by atoms with Crippen LogP contribution in [0.25, 0.3) is 0 Å². The van der Waals surface area contributed by atoms with Gasteiger partial charge >= 0.3 is 0 Å². The number of aryl methyl sites for hydroxylation is 1. The molecule has 11 heteroatoms. The summed E-state index contributed by atoms with van der Waals surface area (Å²) in [4.78, 5) is 12.4. The zero-order valence-corrected chi connectivity index (χ0v) is 19.0. The van der Waals surface area contributed by atoms with E-state index in [1.54, 1.807) is 18.2 Å². The van der Waals surface area contributed by atoms with E-state index in [1.807, 2.05) is 6.92 Å². The summed E-state index contributed by atoms with van der Waals surface area (Å²) in [6, 6.07) is 10.9. The van der Waals surface area contributed by atoms with Gasteiger partial charge in [0.2, 0.25) is 5.13 Å². The molecule has 0 spiro atoms. The molecule has 3 aromatic rings. The molecule has 28 heavy (non-hydrogen) atoms. The molecule has 3 rings (SSSR count). The summed E-state index contributed by atoms with van der Waals surface area (Å²) in [5.41, 5.74) is 0.784. The minimum atomic E-state index is -3.79. The average Bonchev–Trinajstić information content (AvgIpc) is 3.09. The van der Waals surface area contributed by atoms with Crippen molar-refractivity contribution in [1.82, 2.24) is 10.2 Å². The number of nitrogens with one attached hydrogen (secondary N) is 2. The van der Waals surface area contributed by atoms with Crippen LogP contribution >= 0.6 is 45.5 Å². The van der Waals surface area contributed by atoms with E-state index < -0.39 is 10.0 Å². The molecule has 1 aromatic heterocycles. The Bertz CT molecular complexity index is 1120. The molecule has 0 aliphatic heterocycles. The predicted octanol–water partition coefficient (Wildman–Crippen LogP) is 4.41. The Balaban J connectivity index is 1.72. The summed E-state index contributed by atoms with van der Waals surface area (Å²) >= 11 is 9.39. The van der Waals surface area contributed by atoms with Crippen molar-refractivity contribution in [1.29, 1.82) is 0 Å². The molecule has 2 N–H and O–H groups in total. The van der Waals surface area contributed by atoms with E-state index >= 15 is 0 Å². The van der Waals surface area contributed by atoms with E-state index in [2.05, 4.69) is 42.8 Å². The number of hydrogen-bond donors (Lipinski definition) is 2. The van der Waals surface area contributed by atoms with Crippen molar-refractivity contribution >= 4 is 72.3 Å². The molecule has 0 unspecified atom stereocenters. The quantitative estimate of drug-likeness (QED) is 0.445. The molecule has 0 radical (unpaired) electrons. The van der Waals surface area contributed by atoms with Gasteiger partial charge in [0.15, 0.2) is 0 Å². The molecular formula is C17H14ClIN4O3S2. The number of benzene rings is 2. The Morgan fingerprint density at radius 2 is 1.89 bits per heavy atom. The van der Waals surface area contributed by atoms with Gasteiger partial charge in [0.25, 0.3) is 15.9 Å². The van der Waals surface area contributed by atoms with Crippen LogP contribution in [0, 0.1) is 3.57 Å². The average molecular weight is 549 g/mol. The van der Waals surface area contributed by atoms with Crippen LogP contribution in [0.15, 0.2) is 47.4 Å². The van der Waals surface area contributed by atoms with Crippen molar-refractivity contribution in [3.05, 3.63) is 61.6 Å². The topological polar surface area (TPSA) is 101 Å². The van der Waals surface area contributed by atoms with Gasteiger partial charge in [0.1, 0.15) is 5.01 Å². The number of carbonyl (C=O) groups excluding carboxylic acids is 1. The maximum Gasteiger partial charge on any atom is 0.263 e. The first-order valence-electron chi connectivity index (χ1n) is 8.00. The third kappa shape index (κ3) is 4.99. The smallest absolute Gasteiger partial charge is 0.263 e. The van der Waals surface area contributed by atoms with Gasteiger partial charge in [-0.1, -0.05) is 29.9 Å². The molecule has 0 bridgehead atoms. The van der Waals surface area contributed by atoms with E-state index in [9.17, 15) is 13.2 Å². The largest absolute Gasteiger partial charge is 0.322 e. The van der Waals surface area contributed by atoms with Crippen molar-refractivity contribution in [2.24, 2.45) is 0 Å². The summed E-state index contributed by atoms with van der Waals surface area (Å²) in [7, 11) is -3.79. The Kier molecular flexibility index (Phi) is 6.53. The van der Waals surface area contributed by atoms with E-state index in [0.29, 0.717) is 22.7 Å². The molecule has 0 fully saturated rings. The van der Waals surface area contributed by atoms with Crippen molar-refractivity contribution in [3.63, 3.8) is 0 Å². The maximum atomic E-state index is 12.5. The lowest BCUT2D eigenvalue weighted by atomic mass is 10.2. The SMILES string of the molecule is CCc1nnc(NS(=O)(=O)c2ccc(NC(=O)c3ccc(I)cc3Cl)cc2)s1. The molecule has 1 amide bonds. The zero-order valence-electron chi connectivity index (χ0n) is 14.4. The fourth-order valence-electron chi connectivity index (χ4n) is 2.20. The summed E-state index contributed by atoms with van der Waals surface area (Å²) in [6.07, 6.45) is 0.679. The van der Waals surface area contributed by atoms with Crippen LogP contribution < -0.4 is 10.0 Å². The number of aromatic nitrogens is 2. The van der Waals surface area contributed by atoms with Gasteiger partial charge in [0, 0.05) is 9.26 Å². The zero-order chi connectivity index (χ0) is 20.3. The number of anilines is 2. The van der Waals surface area contributed by atoms with Crippen molar-refractivity contribution in [2.45, 2.75) is 18.2 Å². The van der Waals surface area contributed by atoms with E-state index in [4.69, 9.17) is 11.6 Å². The van der Waals surface area contributed by atoms with Gasteiger partial charge in [-0.05, 0) is 71.5 Å². The fraction of sp³-hybridized carbons (Fsp3) is 0.118. The van der Waals surface area contributed by atoms with Crippen LogP contribution in [0.4, 0.5) is 10.8 Å². The number of carbonyl (C=O) groups is 1. The molecule has 0 aliphatic carbocycles. The van der Waals surface area contributed by atoms with Crippen LogP contribution in [0.3, 0.4) is 0 Å². The standard InChI is InChI=1S/C17H14ClIN4O3S2/c1-2-15-21-22-17(27-15)23-28(25,26)12-6-4-11(5-7-12)20-16(24)13-8-3-10(19)9-14(13)18/h3-9H,2H2,1H3,(H,20,24)(H,22,23). The number of nitrogens with zero attached hydrogens (tertiary/aromatic N) is 2. The Morgan fingerprint density at radius 1 is 1.18 bits per heavy atom. The molecular weight excluding hydrogens is 535 g/mol. The van der Waals surface area contributed by atoms with Gasteiger partial charge < -0.3 is 5.32 Å². The number of hydrogen-bond acceptors (Lipinski definition) is 6. The normalized spacial score (nSPS) is 11.2. The highest BCUT2D eigenvalue weighted by Crippen LogP contribution is 2.23. The highest BCUT2D eigenvalue weighted by atomic mass is 127. The number of amides is 1. The van der Waals surface area contributed by atoms with Gasteiger partial charge in [-0.15, -0.1) is 10.2 Å². The molecule has 2 aromatic carbocycles. The first-order valence-corrected chi connectivity index (χ1v) is 11.8. The minimum absolute atomic E-state index is 0.0473. The summed E-state index contributed by atoms with van der Waals surface area (Å²) in [5, 5.41) is 11.7. The summed E-state index contributed by atoms with van der Waals surface area (Å²) in [5.74, 6) is -0.379. The summed E-state index contributed by atoms with van der Waals surface area (Å²) < 4.78 is 28.2. The summed E-state index contributed by atoms with van der Waals surface area (Å²) in [6.45, 7) is 1.91. The van der Waals surface area contributed by atoms with Crippen LogP contribution in [0.5, 0.6) is 0 Å². The predicted molar refractivity (Wildman–Crippen MR) is 119 cm³/mol. The van der Waals surface area contributed by atoms with Crippen LogP contribution in [-0.2, 0) is 16.4 Å². The molecule has 1 heterocycles. The van der Waals surface area contributed by atoms with Gasteiger partial charge in [0.05, 0.1) is 15.5 Å². The lowest BCUT2D eigenvalue weighted by Crippen LogP contribution is -2.14. The molecule has 0 saturated carbocycles. The second kappa shape index (κ2) is 8.72. The molecule has 7 nitrogen and oxygen atoms in total. The van der Waals surface area contributed by atoms with Crippen molar-refractivity contribution < 1.29 is 13.2 Å². The number of rotatable bonds is 6. The van der Waals surface area contributed by atoms with Crippen molar-refractivity contribution in [3.8, 4) is 0 Å². The van der Waals surface area contributed by atoms with Gasteiger partial charge in [-0.2, -0.15) is 0 Å². The lowest BCUT2D eigenvalue weighted by molar-refractivity contribution is 0.102. The molecule has 146 valence electrons. The molecule has 0 atom stereocenters. The Morgan fingerprint density at radius 3 is 2.50 bits per heavy atom. The lowest BCUT2D eigenvalue weighted by Gasteiger charge is -2.09. The Hall–Kier alpha value is -1.76. The van der Waals surface area contributed by atoms with E-state index in [1.165, 1.54) is 35.6 Å². The number of sulfonamides is 1. The third-order valence-electron chi connectivity index (χ3n) is 3.59. The monoisotopic (exact) mass is 548 g/mol. The van der Waals surface area contributed by atoms with Crippen molar-refractivity contribution in [2.75, 3.05) is 10.0 Å². The fourth-order valence-corrected chi connectivity index (χ4v) is 5.05. The van der Waals surface area contributed by atoms with Gasteiger partial charge in [-0.3, -0.25) is 9.52 Å². The second-order valence-corrected chi connectivity index (χ2v) is 9.96. The van der Waals surface area contributed by atoms with Crippen LogP contribution in [0.1, 0.15) is 22.3 Å². The maximum absolute atomic E-state index is 12.5. The highest BCUT2D eigenvalue weighted by molar-refractivity contribution is 14.1. The van der Waals surface area contributed by atoms with E-state index in [-0.39, 0.29) is 15.9 Å². The minimum Gasteiger partial charge on any atom is -0.322 e.